The summed E-state index contributed by atoms with van der Waals surface area (Å²) in [5.41, 5.74) is 2.08. The van der Waals surface area contributed by atoms with Gasteiger partial charge in [-0.05, 0) is 96.8 Å². The summed E-state index contributed by atoms with van der Waals surface area (Å²) in [4.78, 5) is 13.4. The number of phenols is 2. The highest BCUT2D eigenvalue weighted by atomic mass is 16.5. The van der Waals surface area contributed by atoms with Gasteiger partial charge in [0.1, 0.15) is 0 Å². The first-order chi connectivity index (χ1) is 17.1. The van der Waals surface area contributed by atoms with Crippen molar-refractivity contribution in [1.82, 2.24) is 0 Å². The van der Waals surface area contributed by atoms with Crippen LogP contribution in [0.15, 0.2) is 17.7 Å². The van der Waals surface area contributed by atoms with Crippen molar-refractivity contribution in [3.63, 3.8) is 0 Å². The number of benzene rings is 1. The van der Waals surface area contributed by atoms with Crippen molar-refractivity contribution >= 4 is 18.6 Å². The molecule has 5 rings (SSSR count). The Hall–Kier alpha value is -2.23. The molecule has 4 aliphatic carbocycles. The first-order valence-corrected chi connectivity index (χ1v) is 14.3. The molecule has 202 valence electrons. The average molecular weight is 507 g/mol. The van der Waals surface area contributed by atoms with E-state index in [1.165, 1.54) is 5.57 Å². The smallest absolute Gasteiger partial charge is 0.311 e. The topological polar surface area (TPSA) is 66.8 Å². The molecule has 1 aromatic carbocycles. The molecule has 2 N–H and O–H groups in total. The molecule has 0 aromatic heterocycles. The van der Waals surface area contributed by atoms with Crippen LogP contribution in [-0.2, 0) is 14.9 Å². The maximum absolute atomic E-state index is 13.4. The largest absolute Gasteiger partial charge is 0.504 e. The number of rotatable bonds is 3. The molecule has 6 atom stereocenters. The van der Waals surface area contributed by atoms with Crippen LogP contribution in [0.5, 0.6) is 11.5 Å². The van der Waals surface area contributed by atoms with Crippen LogP contribution in [-0.4, -0.2) is 22.8 Å². The molecule has 4 nitrogen and oxygen atoms in total. The normalized spacial score (nSPS) is 40.4. The van der Waals surface area contributed by atoms with Gasteiger partial charge in [0.05, 0.1) is 12.0 Å². The van der Waals surface area contributed by atoms with Crippen molar-refractivity contribution in [2.45, 2.75) is 98.8 Å². The zero-order valence-corrected chi connectivity index (χ0v) is 24.0. The molecule has 1 aromatic rings. The summed E-state index contributed by atoms with van der Waals surface area (Å²) in [6.45, 7) is 20.6. The fraction of sp³-hybridized carbons (Fsp3) is 0.667. The highest BCUT2D eigenvalue weighted by Crippen LogP contribution is 2.74. The lowest BCUT2D eigenvalue weighted by atomic mass is 9.35. The predicted molar refractivity (Wildman–Crippen MR) is 148 cm³/mol. The van der Waals surface area contributed by atoms with Crippen LogP contribution in [0.25, 0.3) is 12.7 Å². The molecule has 4 heteroatoms. The van der Waals surface area contributed by atoms with Gasteiger partial charge in [-0.2, -0.15) is 0 Å². The summed E-state index contributed by atoms with van der Waals surface area (Å²) in [5.74, 6) is 0.536. The Balaban J connectivity index is 1.58. The number of allylic oxidation sites excluding steroid dienone is 2. The van der Waals surface area contributed by atoms with Crippen molar-refractivity contribution in [2.24, 2.45) is 33.5 Å². The molecule has 0 heterocycles. The van der Waals surface area contributed by atoms with Crippen molar-refractivity contribution in [3.8, 4) is 11.5 Å². The van der Waals surface area contributed by atoms with E-state index in [-0.39, 0.29) is 39.1 Å². The molecule has 0 aliphatic heterocycles. The lowest BCUT2D eigenvalue weighted by Gasteiger charge is -2.69. The minimum atomic E-state index is -0.438. The first kappa shape index (κ1) is 26.4. The molecule has 3 saturated carbocycles. The molecule has 3 fully saturated rings. The second-order valence-electron chi connectivity index (χ2n) is 14.5. The van der Waals surface area contributed by atoms with E-state index in [4.69, 9.17) is 4.74 Å². The van der Waals surface area contributed by atoms with Crippen molar-refractivity contribution < 1.29 is 19.7 Å². The van der Waals surface area contributed by atoms with Gasteiger partial charge in [0.25, 0.3) is 0 Å². The standard InChI is InChI=1S/C33H46O4/c1-20(2)19-37-28(36)30(5)12-11-29(4)13-15-32(7)25-10-9-22-21(3)27(35)24(34)17-23(22)31(25,6)14-16-33(32,8)26(29)18-30/h9-10,17,20,26,34-35H,3,11-16,18-19H2,1-2,4-8H3. The van der Waals surface area contributed by atoms with Gasteiger partial charge in [-0.25, -0.2) is 0 Å². The fourth-order valence-electron chi connectivity index (χ4n) is 8.97. The van der Waals surface area contributed by atoms with Crippen molar-refractivity contribution in [2.75, 3.05) is 6.61 Å². The molecule has 0 amide bonds. The van der Waals surface area contributed by atoms with E-state index >= 15 is 0 Å². The van der Waals surface area contributed by atoms with Gasteiger partial charge in [0.2, 0.25) is 0 Å². The summed E-state index contributed by atoms with van der Waals surface area (Å²) >= 11 is 0. The van der Waals surface area contributed by atoms with Gasteiger partial charge in [-0.3, -0.25) is 4.79 Å². The Morgan fingerprint density at radius 3 is 2.38 bits per heavy atom. The van der Waals surface area contributed by atoms with E-state index < -0.39 is 5.41 Å². The van der Waals surface area contributed by atoms with E-state index in [9.17, 15) is 15.0 Å². The molecule has 0 saturated heterocycles. The van der Waals surface area contributed by atoms with E-state index in [0.717, 1.165) is 55.7 Å². The number of carbonyl (C=O) groups is 1. The maximum atomic E-state index is 13.4. The Labute approximate surface area is 222 Å². The SMILES string of the molecule is C=c1c(O)c(O)cc2c1=CC=C1C2(C)CCC2(C)C3CC(C)(C(=O)OCC(C)C)CCC3(C)CCC12C. The zero-order valence-electron chi connectivity index (χ0n) is 24.0. The average Bonchev–Trinajstić information content (AvgIpc) is 2.84. The van der Waals surface area contributed by atoms with Gasteiger partial charge in [0.15, 0.2) is 11.5 Å². The van der Waals surface area contributed by atoms with Crippen molar-refractivity contribution in [3.05, 3.63) is 33.7 Å². The number of aromatic hydroxyl groups is 2. The summed E-state index contributed by atoms with van der Waals surface area (Å²) < 4.78 is 5.82. The maximum Gasteiger partial charge on any atom is 0.311 e. The molecule has 37 heavy (non-hydrogen) atoms. The minimum Gasteiger partial charge on any atom is -0.504 e. The van der Waals surface area contributed by atoms with Crippen LogP contribution < -0.4 is 10.4 Å². The quantitative estimate of drug-likeness (QED) is 0.384. The lowest BCUT2D eigenvalue weighted by molar-refractivity contribution is -0.182. The summed E-state index contributed by atoms with van der Waals surface area (Å²) in [6.07, 6.45) is 11.6. The Kier molecular flexibility index (Phi) is 5.80. The molecule has 0 bridgehead atoms. The predicted octanol–water partition coefficient (Wildman–Crippen LogP) is 6.10. The zero-order chi connectivity index (χ0) is 27.2. The number of phenolic OH excluding ortho intramolecular Hbond substituents is 2. The van der Waals surface area contributed by atoms with Crippen LogP contribution in [0, 0.1) is 33.5 Å². The van der Waals surface area contributed by atoms with Crippen LogP contribution in [0.4, 0.5) is 0 Å². The number of hydrogen-bond acceptors (Lipinski definition) is 4. The van der Waals surface area contributed by atoms with E-state index in [0.29, 0.717) is 23.7 Å². The highest BCUT2D eigenvalue weighted by Gasteiger charge is 2.67. The molecule has 0 spiro atoms. The van der Waals surface area contributed by atoms with Gasteiger partial charge < -0.3 is 14.9 Å². The number of fused-ring (bicyclic) bond motifs is 7. The van der Waals surface area contributed by atoms with E-state index in [1.807, 2.05) is 0 Å². The highest BCUT2D eigenvalue weighted by molar-refractivity contribution is 5.76. The lowest BCUT2D eigenvalue weighted by Crippen LogP contribution is -2.63. The summed E-state index contributed by atoms with van der Waals surface area (Å²) in [7, 11) is 0. The third kappa shape index (κ3) is 3.49. The van der Waals surface area contributed by atoms with Gasteiger partial charge in [-0.15, -0.1) is 0 Å². The van der Waals surface area contributed by atoms with Crippen LogP contribution >= 0.6 is 0 Å². The van der Waals surface area contributed by atoms with E-state index in [1.54, 1.807) is 6.07 Å². The van der Waals surface area contributed by atoms with Gasteiger partial charge in [0, 0.05) is 10.6 Å². The summed E-state index contributed by atoms with van der Waals surface area (Å²) in [5, 5.41) is 22.3. The first-order valence-electron chi connectivity index (χ1n) is 14.3. The van der Waals surface area contributed by atoms with Crippen LogP contribution in [0.3, 0.4) is 0 Å². The number of hydrogen-bond donors (Lipinski definition) is 2. The third-order valence-corrected chi connectivity index (χ3v) is 11.8. The number of carbonyl (C=O) groups excluding carboxylic acids is 1. The van der Waals surface area contributed by atoms with E-state index in [2.05, 4.69) is 67.2 Å². The molecule has 6 unspecified atom stereocenters. The Bertz CT molecular complexity index is 1290. The van der Waals surface area contributed by atoms with Crippen LogP contribution in [0.1, 0.15) is 99.0 Å². The number of esters is 1. The molecular weight excluding hydrogens is 460 g/mol. The van der Waals surface area contributed by atoms with Gasteiger partial charge >= 0.3 is 5.97 Å². The Morgan fingerprint density at radius 1 is 1.03 bits per heavy atom. The molecule has 0 radical (unpaired) electrons. The molecular formula is C33H46O4. The van der Waals surface area contributed by atoms with Crippen LogP contribution in [0.2, 0.25) is 0 Å². The second kappa shape index (κ2) is 8.13. The number of ether oxygens (including phenoxy) is 1. The Morgan fingerprint density at radius 2 is 1.70 bits per heavy atom. The van der Waals surface area contributed by atoms with Gasteiger partial charge in [-0.1, -0.05) is 65.8 Å². The fourth-order valence-corrected chi connectivity index (χ4v) is 8.97. The van der Waals surface area contributed by atoms with Crippen molar-refractivity contribution in [1.29, 1.82) is 0 Å². The monoisotopic (exact) mass is 506 g/mol. The summed E-state index contributed by atoms with van der Waals surface area (Å²) in [6, 6.07) is 1.77. The molecule has 4 aliphatic rings. The third-order valence-electron chi connectivity index (χ3n) is 11.8. The minimum absolute atomic E-state index is 0.0165. The second-order valence-corrected chi connectivity index (χ2v) is 14.5.